The van der Waals surface area contributed by atoms with Gasteiger partial charge < -0.3 is 0 Å². The normalized spacial score (nSPS) is 42.9. The molecule has 1 aliphatic heterocycles. The molecular formula is C26H44N2O. The summed E-state index contributed by atoms with van der Waals surface area (Å²) in [6.45, 7) is 12.3. The highest BCUT2D eigenvalue weighted by molar-refractivity contribution is 5.79. The molecule has 0 aromatic carbocycles. The second kappa shape index (κ2) is 7.70. The second-order valence-corrected chi connectivity index (χ2v) is 11.9. The smallest absolute Gasteiger partial charge is 0.240 e. The number of fused-ring (bicyclic) bond motifs is 5. The van der Waals surface area contributed by atoms with E-state index in [4.69, 9.17) is 5.84 Å². The van der Waals surface area contributed by atoms with Gasteiger partial charge in [0.25, 0.3) is 0 Å². The molecule has 164 valence electrons. The molecule has 2 saturated carbocycles. The van der Waals surface area contributed by atoms with E-state index in [1.807, 2.05) is 0 Å². The molecule has 0 radical (unpaired) electrons. The average molecular weight is 401 g/mol. The summed E-state index contributed by atoms with van der Waals surface area (Å²) in [7, 11) is 0. The quantitative estimate of drug-likeness (QED) is 0.435. The highest BCUT2D eigenvalue weighted by Gasteiger charge is 2.59. The zero-order valence-electron chi connectivity index (χ0n) is 19.5. The summed E-state index contributed by atoms with van der Waals surface area (Å²) in [6, 6.07) is 0. The van der Waals surface area contributed by atoms with Crippen LogP contribution in [0.1, 0.15) is 98.8 Å². The molecule has 1 saturated heterocycles. The van der Waals surface area contributed by atoms with E-state index in [-0.39, 0.29) is 11.3 Å². The van der Waals surface area contributed by atoms with Gasteiger partial charge in [0.1, 0.15) is 0 Å². The summed E-state index contributed by atoms with van der Waals surface area (Å²) in [4.78, 5) is 12.2. The van der Waals surface area contributed by atoms with Gasteiger partial charge in [-0.1, -0.05) is 60.0 Å². The van der Waals surface area contributed by atoms with Crippen LogP contribution in [-0.2, 0) is 4.79 Å². The molecule has 0 aromatic heterocycles. The maximum absolute atomic E-state index is 12.2. The zero-order valence-corrected chi connectivity index (χ0v) is 19.5. The Kier molecular flexibility index (Phi) is 5.68. The van der Waals surface area contributed by atoms with Gasteiger partial charge in [0.05, 0.1) is 0 Å². The summed E-state index contributed by atoms with van der Waals surface area (Å²) in [5, 5.41) is 1.50. The number of hydrogen-bond donors (Lipinski definition) is 1. The molecule has 0 spiro atoms. The summed E-state index contributed by atoms with van der Waals surface area (Å²) < 4.78 is 0. The Labute approximate surface area is 178 Å². The zero-order chi connectivity index (χ0) is 21.0. The number of nitrogens with two attached hydrogens (primary N) is 1. The minimum Gasteiger partial charge on any atom is -0.273 e. The maximum atomic E-state index is 12.2. The van der Waals surface area contributed by atoms with Crippen LogP contribution in [-0.4, -0.2) is 10.9 Å². The maximum Gasteiger partial charge on any atom is 0.240 e. The van der Waals surface area contributed by atoms with E-state index < -0.39 is 0 Å². The number of carbonyl (C=O) groups excluding carboxylic acids is 1. The predicted molar refractivity (Wildman–Crippen MR) is 119 cm³/mol. The number of allylic oxidation sites excluding steroid dienone is 2. The topological polar surface area (TPSA) is 46.3 Å². The van der Waals surface area contributed by atoms with E-state index >= 15 is 0 Å². The fourth-order valence-electron chi connectivity index (χ4n) is 8.41. The van der Waals surface area contributed by atoms with E-state index in [0.717, 1.165) is 48.1 Å². The molecule has 0 unspecified atom stereocenters. The van der Waals surface area contributed by atoms with Crippen LogP contribution in [0.2, 0.25) is 0 Å². The van der Waals surface area contributed by atoms with Gasteiger partial charge in [0, 0.05) is 17.5 Å². The number of piperidine rings is 1. The standard InChI is InChI=1S/C26H44N2O/c1-17(2)7-6-8-18(3)20-10-11-21-19-9-12-23-26(5,16-14-24(29)28(23)27)22(19)13-15-25(20,21)4/h12,17-22H,6-11,13-16,27H2,1-5H3/t18-,19+,20-,21+,22+,25-,26-/m1/s1. The van der Waals surface area contributed by atoms with Crippen molar-refractivity contribution in [3.05, 3.63) is 11.8 Å². The molecule has 0 bridgehead atoms. The number of carbonyl (C=O) groups is 1. The summed E-state index contributed by atoms with van der Waals surface area (Å²) >= 11 is 0. The van der Waals surface area contributed by atoms with E-state index in [1.165, 1.54) is 50.0 Å². The third-order valence-corrected chi connectivity index (χ3v) is 10.0. The fourth-order valence-corrected chi connectivity index (χ4v) is 8.41. The van der Waals surface area contributed by atoms with E-state index in [9.17, 15) is 4.79 Å². The SMILES string of the molecule is CC(C)CCC[C@@H](C)[C@H]1CC[C@H]2[C@@H]3CC=C4N(N)C(=O)CC[C@]4(C)[C@H]3CC[C@]12C. The fraction of sp³-hybridized carbons (Fsp3) is 0.885. The number of hydrazine groups is 1. The Hall–Kier alpha value is -0.830. The lowest BCUT2D eigenvalue weighted by atomic mass is 9.48. The molecule has 0 aromatic rings. The first-order valence-corrected chi connectivity index (χ1v) is 12.5. The van der Waals surface area contributed by atoms with Crippen molar-refractivity contribution < 1.29 is 4.79 Å². The monoisotopic (exact) mass is 400 g/mol. The van der Waals surface area contributed by atoms with Crippen molar-refractivity contribution in [3.8, 4) is 0 Å². The summed E-state index contributed by atoms with van der Waals surface area (Å²) in [6.07, 6.45) is 14.8. The van der Waals surface area contributed by atoms with Gasteiger partial charge in [0.15, 0.2) is 0 Å². The lowest BCUT2D eigenvalue weighted by Crippen LogP contribution is -2.56. The van der Waals surface area contributed by atoms with Crippen LogP contribution >= 0.6 is 0 Å². The number of amides is 1. The summed E-state index contributed by atoms with van der Waals surface area (Å²) in [5.74, 6) is 11.3. The molecule has 2 N–H and O–H groups in total. The van der Waals surface area contributed by atoms with Crippen LogP contribution in [0.4, 0.5) is 0 Å². The molecule has 7 atom stereocenters. The number of hydrogen-bond acceptors (Lipinski definition) is 2. The van der Waals surface area contributed by atoms with Gasteiger partial charge in [0.2, 0.25) is 5.91 Å². The first-order valence-electron chi connectivity index (χ1n) is 12.5. The van der Waals surface area contributed by atoms with E-state index in [1.54, 1.807) is 0 Å². The lowest BCUT2D eigenvalue weighted by Gasteiger charge is -2.58. The summed E-state index contributed by atoms with van der Waals surface area (Å²) in [5.41, 5.74) is 1.76. The third kappa shape index (κ3) is 3.40. The van der Waals surface area contributed by atoms with Crippen molar-refractivity contribution in [2.24, 2.45) is 52.2 Å². The lowest BCUT2D eigenvalue weighted by molar-refractivity contribution is -0.138. The molecule has 3 nitrogen and oxygen atoms in total. The first-order chi connectivity index (χ1) is 13.7. The van der Waals surface area contributed by atoms with Crippen LogP contribution in [0.25, 0.3) is 0 Å². The highest BCUT2D eigenvalue weighted by Crippen LogP contribution is 2.67. The van der Waals surface area contributed by atoms with Crippen molar-refractivity contribution in [1.82, 2.24) is 5.01 Å². The van der Waals surface area contributed by atoms with Crippen molar-refractivity contribution >= 4 is 5.91 Å². The number of rotatable bonds is 5. The third-order valence-electron chi connectivity index (χ3n) is 10.0. The number of nitrogens with zero attached hydrogens (tertiary/aromatic N) is 1. The predicted octanol–water partition coefficient (Wildman–Crippen LogP) is 6.30. The van der Waals surface area contributed by atoms with Gasteiger partial charge in [-0.25, -0.2) is 5.84 Å². The van der Waals surface area contributed by atoms with Gasteiger partial charge >= 0.3 is 0 Å². The molecular weight excluding hydrogens is 356 g/mol. The van der Waals surface area contributed by atoms with E-state index in [0.29, 0.717) is 17.8 Å². The molecule has 4 aliphatic rings. The van der Waals surface area contributed by atoms with Crippen LogP contribution in [0.5, 0.6) is 0 Å². The van der Waals surface area contributed by atoms with Crippen LogP contribution in [0.15, 0.2) is 11.8 Å². The average Bonchev–Trinajstić information content (AvgIpc) is 3.02. The Bertz CT molecular complexity index is 670. The van der Waals surface area contributed by atoms with Gasteiger partial charge in [-0.3, -0.25) is 9.80 Å². The molecule has 4 rings (SSSR count). The molecule has 29 heavy (non-hydrogen) atoms. The molecule has 1 amide bonds. The largest absolute Gasteiger partial charge is 0.273 e. The van der Waals surface area contributed by atoms with Crippen molar-refractivity contribution in [1.29, 1.82) is 0 Å². The van der Waals surface area contributed by atoms with Crippen LogP contribution in [0, 0.1) is 46.3 Å². The Morgan fingerprint density at radius 3 is 2.59 bits per heavy atom. The minimum atomic E-state index is 0.101. The van der Waals surface area contributed by atoms with Crippen molar-refractivity contribution in [2.45, 2.75) is 98.8 Å². The van der Waals surface area contributed by atoms with Crippen LogP contribution in [0.3, 0.4) is 0 Å². The van der Waals surface area contributed by atoms with Crippen LogP contribution < -0.4 is 5.84 Å². The Morgan fingerprint density at radius 2 is 1.86 bits per heavy atom. The highest BCUT2D eigenvalue weighted by atomic mass is 16.2. The molecule has 3 heteroatoms. The van der Waals surface area contributed by atoms with Gasteiger partial charge in [-0.2, -0.15) is 0 Å². The molecule has 3 aliphatic carbocycles. The van der Waals surface area contributed by atoms with Gasteiger partial charge in [-0.05, 0) is 79.4 Å². The Balaban J connectivity index is 1.52. The first kappa shape index (κ1) is 21.4. The Morgan fingerprint density at radius 1 is 1.10 bits per heavy atom. The molecule has 1 heterocycles. The minimum absolute atomic E-state index is 0.101. The van der Waals surface area contributed by atoms with E-state index in [2.05, 4.69) is 40.7 Å². The second-order valence-electron chi connectivity index (χ2n) is 11.9. The molecule has 3 fully saturated rings. The van der Waals surface area contributed by atoms with Crippen molar-refractivity contribution in [2.75, 3.05) is 0 Å². The van der Waals surface area contributed by atoms with Crippen molar-refractivity contribution in [3.63, 3.8) is 0 Å². The van der Waals surface area contributed by atoms with Gasteiger partial charge in [-0.15, -0.1) is 0 Å².